The van der Waals surface area contributed by atoms with Gasteiger partial charge in [-0.05, 0) is 24.6 Å². The first kappa shape index (κ1) is 12.9. The Morgan fingerprint density at radius 1 is 1.28 bits per heavy atom. The molecule has 0 saturated carbocycles. The van der Waals surface area contributed by atoms with Crippen LogP contribution in [0.5, 0.6) is 0 Å². The van der Waals surface area contributed by atoms with E-state index in [1.807, 2.05) is 13.0 Å². The third-order valence-electron chi connectivity index (χ3n) is 2.45. The summed E-state index contributed by atoms with van der Waals surface area (Å²) >= 11 is 11.9. The summed E-state index contributed by atoms with van der Waals surface area (Å²) in [6, 6.07) is 7.16. The zero-order valence-corrected chi connectivity index (χ0v) is 11.2. The second kappa shape index (κ2) is 5.38. The lowest BCUT2D eigenvalue weighted by Crippen LogP contribution is -2.03. The molecule has 2 rings (SSSR count). The zero-order valence-electron chi connectivity index (χ0n) is 9.69. The third kappa shape index (κ3) is 2.47. The predicted molar refractivity (Wildman–Crippen MR) is 70.1 cm³/mol. The number of nitriles is 1. The summed E-state index contributed by atoms with van der Waals surface area (Å²) in [6.45, 7) is 2.03. The molecule has 92 valence electrons. The van der Waals surface area contributed by atoms with Crippen LogP contribution in [-0.4, -0.2) is 15.0 Å². The highest BCUT2D eigenvalue weighted by atomic mass is 35.5. The number of aromatic nitrogens is 3. The molecule has 0 bridgehead atoms. The molecule has 18 heavy (non-hydrogen) atoms. The molecule has 0 aliphatic heterocycles. The molecule has 0 fully saturated rings. The number of nitrogens with zero attached hydrogens (tertiary/aromatic N) is 4. The van der Waals surface area contributed by atoms with Gasteiger partial charge >= 0.3 is 0 Å². The Balaban J connectivity index is 2.56. The maximum absolute atomic E-state index is 9.00. The van der Waals surface area contributed by atoms with E-state index in [2.05, 4.69) is 10.3 Å². The van der Waals surface area contributed by atoms with Crippen molar-refractivity contribution in [3.63, 3.8) is 0 Å². The van der Waals surface area contributed by atoms with Crippen LogP contribution >= 0.6 is 23.2 Å². The Hall–Kier alpha value is -1.57. The summed E-state index contributed by atoms with van der Waals surface area (Å²) in [5, 5.41) is 17.9. The number of hydrogen-bond donors (Lipinski definition) is 0. The van der Waals surface area contributed by atoms with E-state index in [-0.39, 0.29) is 0 Å². The van der Waals surface area contributed by atoms with Crippen LogP contribution in [0, 0.1) is 11.3 Å². The highest BCUT2D eigenvalue weighted by Gasteiger charge is 2.13. The van der Waals surface area contributed by atoms with Crippen LogP contribution in [0.3, 0.4) is 0 Å². The number of halogens is 2. The van der Waals surface area contributed by atoms with E-state index in [1.165, 1.54) is 0 Å². The normalized spacial score (nSPS) is 10.3. The summed E-state index contributed by atoms with van der Waals surface area (Å²) < 4.78 is 1.61. The molecule has 0 aliphatic carbocycles. The SMILES string of the molecule is CCCc1c(C#N)nnn1-c1cc(Cl)cc(Cl)c1. The first-order valence-corrected chi connectivity index (χ1v) is 6.22. The second-order valence-electron chi connectivity index (χ2n) is 3.79. The molecule has 2 aromatic rings. The molecule has 0 saturated heterocycles. The highest BCUT2D eigenvalue weighted by molar-refractivity contribution is 6.34. The van der Waals surface area contributed by atoms with Crippen molar-refractivity contribution in [1.29, 1.82) is 5.26 Å². The highest BCUT2D eigenvalue weighted by Crippen LogP contribution is 2.23. The van der Waals surface area contributed by atoms with Gasteiger partial charge in [0.1, 0.15) is 6.07 Å². The van der Waals surface area contributed by atoms with E-state index in [1.54, 1.807) is 22.9 Å². The Labute approximate surface area is 115 Å². The van der Waals surface area contributed by atoms with Crippen LogP contribution in [0.15, 0.2) is 18.2 Å². The van der Waals surface area contributed by atoms with E-state index in [0.29, 0.717) is 21.4 Å². The molecular formula is C12H10Cl2N4. The second-order valence-corrected chi connectivity index (χ2v) is 4.66. The Kier molecular flexibility index (Phi) is 3.85. The van der Waals surface area contributed by atoms with E-state index < -0.39 is 0 Å². The standard InChI is InChI=1S/C12H10Cl2N4/c1-2-3-12-11(7-15)16-17-18(12)10-5-8(13)4-9(14)6-10/h4-6H,2-3H2,1H3. The fourth-order valence-electron chi connectivity index (χ4n) is 1.72. The monoisotopic (exact) mass is 280 g/mol. The summed E-state index contributed by atoms with van der Waals surface area (Å²) in [5.41, 5.74) is 1.83. The van der Waals surface area contributed by atoms with Gasteiger partial charge in [-0.2, -0.15) is 5.26 Å². The minimum Gasteiger partial charge on any atom is -0.216 e. The van der Waals surface area contributed by atoms with Crippen LogP contribution in [0.4, 0.5) is 0 Å². The van der Waals surface area contributed by atoms with E-state index in [4.69, 9.17) is 28.5 Å². The molecule has 4 nitrogen and oxygen atoms in total. The molecule has 0 atom stereocenters. The maximum atomic E-state index is 9.00. The van der Waals surface area contributed by atoms with Crippen molar-refractivity contribution < 1.29 is 0 Å². The quantitative estimate of drug-likeness (QED) is 0.866. The van der Waals surface area contributed by atoms with Crippen molar-refractivity contribution in [2.45, 2.75) is 19.8 Å². The van der Waals surface area contributed by atoms with Gasteiger partial charge in [0.15, 0.2) is 5.69 Å². The lowest BCUT2D eigenvalue weighted by Gasteiger charge is -2.06. The van der Waals surface area contributed by atoms with Crippen LogP contribution in [0.1, 0.15) is 24.7 Å². The molecule has 0 radical (unpaired) electrons. The molecule has 1 aromatic heterocycles. The van der Waals surface area contributed by atoms with Crippen molar-refractivity contribution in [1.82, 2.24) is 15.0 Å². The van der Waals surface area contributed by atoms with Crippen molar-refractivity contribution in [2.24, 2.45) is 0 Å². The molecule has 1 heterocycles. The van der Waals surface area contributed by atoms with E-state index >= 15 is 0 Å². The first-order chi connectivity index (χ1) is 8.65. The largest absolute Gasteiger partial charge is 0.216 e. The van der Waals surface area contributed by atoms with Gasteiger partial charge in [-0.3, -0.25) is 0 Å². The minimum atomic E-state index is 0.341. The summed E-state index contributed by atoms with van der Waals surface area (Å²) in [5.74, 6) is 0. The summed E-state index contributed by atoms with van der Waals surface area (Å²) in [4.78, 5) is 0. The zero-order chi connectivity index (χ0) is 13.1. The Bertz CT molecular complexity index is 593. The number of hydrogen-bond acceptors (Lipinski definition) is 3. The molecule has 0 aliphatic rings. The van der Waals surface area contributed by atoms with E-state index in [0.717, 1.165) is 18.5 Å². The van der Waals surface area contributed by atoms with Gasteiger partial charge in [-0.25, -0.2) is 4.68 Å². The van der Waals surface area contributed by atoms with Crippen molar-refractivity contribution in [3.8, 4) is 11.8 Å². The van der Waals surface area contributed by atoms with Gasteiger partial charge < -0.3 is 0 Å². The predicted octanol–water partition coefficient (Wildman–Crippen LogP) is 3.40. The average molecular weight is 281 g/mol. The minimum absolute atomic E-state index is 0.341. The van der Waals surface area contributed by atoms with Gasteiger partial charge in [0.05, 0.1) is 11.4 Å². The molecule has 0 N–H and O–H groups in total. The van der Waals surface area contributed by atoms with Crippen LogP contribution < -0.4 is 0 Å². The van der Waals surface area contributed by atoms with E-state index in [9.17, 15) is 0 Å². The summed E-state index contributed by atoms with van der Waals surface area (Å²) in [6.07, 6.45) is 1.62. The van der Waals surface area contributed by atoms with Gasteiger partial charge in [-0.1, -0.05) is 41.8 Å². The smallest absolute Gasteiger partial charge is 0.186 e. The maximum Gasteiger partial charge on any atom is 0.186 e. The van der Waals surface area contributed by atoms with Crippen LogP contribution in [0.25, 0.3) is 5.69 Å². The lowest BCUT2D eigenvalue weighted by molar-refractivity contribution is 0.745. The van der Waals surface area contributed by atoms with Gasteiger partial charge in [0, 0.05) is 10.0 Å². The Morgan fingerprint density at radius 2 is 1.94 bits per heavy atom. The first-order valence-electron chi connectivity index (χ1n) is 5.47. The lowest BCUT2D eigenvalue weighted by atomic mass is 10.2. The Morgan fingerprint density at radius 3 is 2.50 bits per heavy atom. The van der Waals surface area contributed by atoms with Crippen LogP contribution in [-0.2, 0) is 6.42 Å². The summed E-state index contributed by atoms with van der Waals surface area (Å²) in [7, 11) is 0. The fourth-order valence-corrected chi connectivity index (χ4v) is 2.23. The van der Waals surface area contributed by atoms with Crippen molar-refractivity contribution in [3.05, 3.63) is 39.6 Å². The third-order valence-corrected chi connectivity index (χ3v) is 2.88. The number of rotatable bonds is 3. The molecule has 0 unspecified atom stereocenters. The number of benzene rings is 1. The molecule has 1 aromatic carbocycles. The van der Waals surface area contributed by atoms with Crippen molar-refractivity contribution >= 4 is 23.2 Å². The topological polar surface area (TPSA) is 54.5 Å². The molecule has 6 heteroatoms. The van der Waals surface area contributed by atoms with Gasteiger partial charge in [-0.15, -0.1) is 5.10 Å². The van der Waals surface area contributed by atoms with Crippen molar-refractivity contribution in [2.75, 3.05) is 0 Å². The average Bonchev–Trinajstić information content (AvgIpc) is 2.71. The molecule has 0 amide bonds. The van der Waals surface area contributed by atoms with Gasteiger partial charge in [0.2, 0.25) is 0 Å². The van der Waals surface area contributed by atoms with Gasteiger partial charge in [0.25, 0.3) is 0 Å². The van der Waals surface area contributed by atoms with Crippen LogP contribution in [0.2, 0.25) is 10.0 Å². The molecular weight excluding hydrogens is 271 g/mol. The fraction of sp³-hybridized carbons (Fsp3) is 0.250. The molecule has 0 spiro atoms.